The summed E-state index contributed by atoms with van der Waals surface area (Å²) < 4.78 is 2.46. The lowest BCUT2D eigenvalue weighted by Gasteiger charge is -2.07. The molecule has 1 nitrogen and oxygen atoms in total. The van der Waals surface area contributed by atoms with E-state index in [4.69, 9.17) is 11.6 Å². The van der Waals surface area contributed by atoms with E-state index in [1.807, 2.05) is 6.07 Å². The molecule has 32 heavy (non-hydrogen) atoms. The predicted molar refractivity (Wildman–Crippen MR) is 139 cm³/mol. The Hall–Kier alpha value is -3.81. The van der Waals surface area contributed by atoms with Crippen molar-refractivity contribution in [2.24, 2.45) is 0 Å². The smallest absolute Gasteiger partial charge is 0.0626 e. The molecule has 0 unspecified atom stereocenters. The summed E-state index contributed by atoms with van der Waals surface area (Å²) >= 11 is 6.54. The summed E-state index contributed by atoms with van der Waals surface area (Å²) in [5.41, 5.74) is 3.70. The van der Waals surface area contributed by atoms with E-state index in [2.05, 4.69) is 95.4 Å². The summed E-state index contributed by atoms with van der Waals surface area (Å²) in [6.07, 6.45) is 0. The third-order valence-corrected chi connectivity index (χ3v) is 7.36. The fourth-order valence-corrected chi connectivity index (χ4v) is 6.03. The molecule has 0 spiro atoms. The second-order valence-corrected chi connectivity index (χ2v) is 9.14. The Balaban J connectivity index is 1.88. The Morgan fingerprint density at radius 3 is 2.12 bits per heavy atom. The van der Waals surface area contributed by atoms with Gasteiger partial charge in [0, 0.05) is 26.6 Å². The van der Waals surface area contributed by atoms with Crippen molar-refractivity contribution in [1.82, 2.24) is 4.40 Å². The Bertz CT molecular complexity index is 2040. The molecule has 0 atom stereocenters. The highest BCUT2D eigenvalue weighted by molar-refractivity contribution is 6.36. The van der Waals surface area contributed by atoms with Crippen LogP contribution in [0.1, 0.15) is 0 Å². The molecule has 0 aliphatic heterocycles. The molecule has 0 saturated heterocycles. The molecular weight excluding hydrogens is 410 g/mol. The second kappa shape index (κ2) is 5.70. The molecule has 0 amide bonds. The highest BCUT2D eigenvalue weighted by Crippen LogP contribution is 2.44. The van der Waals surface area contributed by atoms with Gasteiger partial charge in [-0.3, -0.25) is 0 Å². The molecule has 8 aromatic rings. The zero-order chi connectivity index (χ0) is 21.0. The maximum atomic E-state index is 6.54. The molecule has 2 aromatic heterocycles. The summed E-state index contributed by atoms with van der Waals surface area (Å²) in [5, 5.41) is 13.5. The van der Waals surface area contributed by atoms with E-state index < -0.39 is 0 Å². The summed E-state index contributed by atoms with van der Waals surface area (Å²) in [6, 6.07) is 35.2. The molecular formula is C30H16ClN. The summed E-state index contributed by atoms with van der Waals surface area (Å²) in [4.78, 5) is 0. The van der Waals surface area contributed by atoms with E-state index in [1.54, 1.807) is 0 Å². The topological polar surface area (TPSA) is 4.41 Å². The third-order valence-electron chi connectivity index (χ3n) is 7.13. The van der Waals surface area contributed by atoms with E-state index in [1.165, 1.54) is 70.4 Å². The SMILES string of the molecule is Clc1ccc2c(c1)c1cccc3ccc4ccc5c6c7ccccc7ccc6n2c5c4c31. The van der Waals surface area contributed by atoms with Gasteiger partial charge in [-0.15, -0.1) is 0 Å². The average molecular weight is 426 g/mol. The first-order valence-corrected chi connectivity index (χ1v) is 11.3. The van der Waals surface area contributed by atoms with E-state index in [9.17, 15) is 0 Å². The number of fused-ring (bicyclic) bond motifs is 8. The quantitative estimate of drug-likeness (QED) is 0.213. The van der Waals surface area contributed by atoms with Gasteiger partial charge in [0.05, 0.1) is 16.6 Å². The van der Waals surface area contributed by atoms with Crippen molar-refractivity contribution in [2.45, 2.75) is 0 Å². The molecule has 0 radical (unpaired) electrons. The lowest BCUT2D eigenvalue weighted by molar-refractivity contribution is 1.36. The largest absolute Gasteiger partial charge is 0.308 e. The maximum absolute atomic E-state index is 6.54. The summed E-state index contributed by atoms with van der Waals surface area (Å²) in [7, 11) is 0. The minimum atomic E-state index is 0.761. The summed E-state index contributed by atoms with van der Waals surface area (Å²) in [6.45, 7) is 0. The van der Waals surface area contributed by atoms with Gasteiger partial charge in [0.15, 0.2) is 0 Å². The van der Waals surface area contributed by atoms with E-state index >= 15 is 0 Å². The number of aromatic nitrogens is 1. The molecule has 0 N–H and O–H groups in total. The molecule has 0 aliphatic rings. The van der Waals surface area contributed by atoms with Crippen molar-refractivity contribution in [3.8, 4) is 0 Å². The fraction of sp³-hybridized carbons (Fsp3) is 0. The molecule has 8 rings (SSSR count). The number of benzene rings is 6. The normalized spacial score (nSPS) is 12.5. The number of hydrogen-bond acceptors (Lipinski definition) is 0. The molecule has 0 bridgehead atoms. The number of hydrogen-bond donors (Lipinski definition) is 0. The monoisotopic (exact) mass is 425 g/mol. The molecule has 2 heterocycles. The third kappa shape index (κ3) is 1.91. The van der Waals surface area contributed by atoms with Gasteiger partial charge < -0.3 is 4.40 Å². The van der Waals surface area contributed by atoms with Crippen molar-refractivity contribution < 1.29 is 0 Å². The van der Waals surface area contributed by atoms with Gasteiger partial charge in [0.1, 0.15) is 0 Å². The van der Waals surface area contributed by atoms with Gasteiger partial charge in [-0.05, 0) is 56.6 Å². The fourth-order valence-electron chi connectivity index (χ4n) is 5.85. The highest BCUT2D eigenvalue weighted by atomic mass is 35.5. The zero-order valence-corrected chi connectivity index (χ0v) is 17.8. The predicted octanol–water partition coefficient (Wildman–Crippen LogP) is 8.95. The Morgan fingerprint density at radius 1 is 0.469 bits per heavy atom. The van der Waals surface area contributed by atoms with E-state index in [0.29, 0.717) is 0 Å². The molecule has 2 heteroatoms. The molecule has 0 saturated carbocycles. The van der Waals surface area contributed by atoms with Gasteiger partial charge in [0.25, 0.3) is 0 Å². The average Bonchev–Trinajstić information content (AvgIpc) is 3.11. The molecule has 148 valence electrons. The van der Waals surface area contributed by atoms with Crippen LogP contribution in [0.2, 0.25) is 5.02 Å². The Labute approximate surface area is 188 Å². The van der Waals surface area contributed by atoms with Crippen molar-refractivity contribution in [3.63, 3.8) is 0 Å². The van der Waals surface area contributed by atoms with Crippen LogP contribution in [0, 0.1) is 0 Å². The van der Waals surface area contributed by atoms with Crippen LogP contribution >= 0.6 is 11.6 Å². The van der Waals surface area contributed by atoms with Gasteiger partial charge >= 0.3 is 0 Å². The lowest BCUT2D eigenvalue weighted by atomic mass is 9.95. The number of rotatable bonds is 0. The molecule has 6 aromatic carbocycles. The van der Waals surface area contributed by atoms with E-state index in [-0.39, 0.29) is 0 Å². The van der Waals surface area contributed by atoms with Gasteiger partial charge in [-0.2, -0.15) is 0 Å². The van der Waals surface area contributed by atoms with Gasteiger partial charge in [-0.25, -0.2) is 0 Å². The molecule has 0 fully saturated rings. The minimum absolute atomic E-state index is 0.761. The van der Waals surface area contributed by atoms with Crippen molar-refractivity contribution in [2.75, 3.05) is 0 Å². The highest BCUT2D eigenvalue weighted by Gasteiger charge is 2.19. The van der Waals surface area contributed by atoms with Crippen LogP contribution in [-0.4, -0.2) is 4.40 Å². The van der Waals surface area contributed by atoms with Crippen LogP contribution in [-0.2, 0) is 0 Å². The van der Waals surface area contributed by atoms with Crippen LogP contribution in [0.3, 0.4) is 0 Å². The van der Waals surface area contributed by atoms with Gasteiger partial charge in [-0.1, -0.05) is 84.4 Å². The lowest BCUT2D eigenvalue weighted by Crippen LogP contribution is -1.85. The number of halogens is 1. The number of nitrogens with zero attached hydrogens (tertiary/aromatic N) is 1. The van der Waals surface area contributed by atoms with E-state index in [0.717, 1.165) is 5.02 Å². The van der Waals surface area contributed by atoms with Crippen LogP contribution in [0.15, 0.2) is 97.1 Å². The second-order valence-electron chi connectivity index (χ2n) is 8.71. The van der Waals surface area contributed by atoms with Crippen LogP contribution in [0.25, 0.3) is 70.4 Å². The zero-order valence-electron chi connectivity index (χ0n) is 17.1. The Kier molecular flexibility index (Phi) is 3.00. The van der Waals surface area contributed by atoms with Crippen molar-refractivity contribution in [3.05, 3.63) is 102 Å². The van der Waals surface area contributed by atoms with Crippen molar-refractivity contribution in [1.29, 1.82) is 0 Å². The van der Waals surface area contributed by atoms with Crippen molar-refractivity contribution >= 4 is 82.0 Å². The van der Waals surface area contributed by atoms with Crippen LogP contribution in [0.4, 0.5) is 0 Å². The minimum Gasteiger partial charge on any atom is -0.308 e. The Morgan fingerprint density at radius 2 is 1.19 bits per heavy atom. The first-order chi connectivity index (χ1) is 15.8. The first kappa shape index (κ1) is 16.8. The maximum Gasteiger partial charge on any atom is 0.0626 e. The van der Waals surface area contributed by atoms with Crippen LogP contribution < -0.4 is 0 Å². The molecule has 0 aliphatic carbocycles. The standard InChI is InChI=1S/C30H16ClN/c31-20-12-15-25-24(16-20)22-7-3-5-18-8-9-19-10-13-23-29-21-6-2-1-4-17(21)11-14-26(29)32(25)30(23)28(19)27(18)22/h1-16H. The summed E-state index contributed by atoms with van der Waals surface area (Å²) in [5.74, 6) is 0. The van der Waals surface area contributed by atoms with Crippen LogP contribution in [0.5, 0.6) is 0 Å². The first-order valence-electron chi connectivity index (χ1n) is 10.9. The van der Waals surface area contributed by atoms with Gasteiger partial charge in [0.2, 0.25) is 0 Å².